The first-order chi connectivity index (χ1) is 10.4. The summed E-state index contributed by atoms with van der Waals surface area (Å²) >= 11 is 1.64. The van der Waals surface area contributed by atoms with Gasteiger partial charge in [0, 0.05) is 26.7 Å². The largest absolute Gasteiger partial charge is 0.379 e. The molecule has 1 aliphatic rings. The molecule has 114 valence electrons. The summed E-state index contributed by atoms with van der Waals surface area (Å²) in [4.78, 5) is 12.4. The average molecular weight is 307 g/mol. The van der Waals surface area contributed by atoms with Crippen LogP contribution in [0.3, 0.4) is 0 Å². The molecular formula is C14H21N5OS. The zero-order chi connectivity index (χ0) is 14.5. The quantitative estimate of drug-likeness (QED) is 0.795. The zero-order valence-corrected chi connectivity index (χ0v) is 13.1. The van der Waals surface area contributed by atoms with E-state index in [1.54, 1.807) is 11.3 Å². The van der Waals surface area contributed by atoms with Crippen LogP contribution in [-0.4, -0.2) is 61.3 Å². The van der Waals surface area contributed by atoms with Crippen LogP contribution in [0.15, 0.2) is 11.4 Å². The Morgan fingerprint density at radius 3 is 3.00 bits per heavy atom. The fourth-order valence-corrected chi connectivity index (χ4v) is 3.20. The predicted molar refractivity (Wildman–Crippen MR) is 87.3 cm³/mol. The van der Waals surface area contributed by atoms with Crippen molar-refractivity contribution in [3.05, 3.63) is 11.4 Å². The molecule has 7 heteroatoms. The predicted octanol–water partition coefficient (Wildman–Crippen LogP) is 1.87. The fraction of sp³-hybridized carbons (Fsp3) is 0.571. The standard InChI is InChI=1S/C14H21N5OS/c1-15-14-17-12(11-3-10-21-13(11)18-14)16-4-2-5-19-6-8-20-9-7-19/h3,10H,2,4-9H2,1H3,(H2,15,16,17,18). The summed E-state index contributed by atoms with van der Waals surface area (Å²) in [6.07, 6.45) is 1.10. The first-order valence-corrected chi connectivity index (χ1v) is 8.22. The molecule has 1 aliphatic heterocycles. The molecule has 3 heterocycles. The molecule has 0 spiro atoms. The SMILES string of the molecule is CNc1nc(NCCCN2CCOCC2)c2ccsc2n1. The van der Waals surface area contributed by atoms with Gasteiger partial charge in [0.15, 0.2) is 0 Å². The zero-order valence-electron chi connectivity index (χ0n) is 12.3. The maximum absolute atomic E-state index is 5.36. The highest BCUT2D eigenvalue weighted by molar-refractivity contribution is 7.16. The van der Waals surface area contributed by atoms with Gasteiger partial charge in [-0.3, -0.25) is 4.90 Å². The number of anilines is 2. The van der Waals surface area contributed by atoms with E-state index in [9.17, 15) is 0 Å². The lowest BCUT2D eigenvalue weighted by atomic mass is 10.3. The van der Waals surface area contributed by atoms with Crippen LogP contribution in [0.2, 0.25) is 0 Å². The Kier molecular flexibility index (Phi) is 4.84. The van der Waals surface area contributed by atoms with Crippen molar-refractivity contribution in [3.63, 3.8) is 0 Å². The van der Waals surface area contributed by atoms with E-state index in [2.05, 4.69) is 36.9 Å². The van der Waals surface area contributed by atoms with E-state index < -0.39 is 0 Å². The normalized spacial score (nSPS) is 16.2. The van der Waals surface area contributed by atoms with Crippen molar-refractivity contribution in [1.29, 1.82) is 0 Å². The second kappa shape index (κ2) is 7.02. The lowest BCUT2D eigenvalue weighted by Gasteiger charge is -2.26. The van der Waals surface area contributed by atoms with Gasteiger partial charge < -0.3 is 15.4 Å². The van der Waals surface area contributed by atoms with E-state index in [4.69, 9.17) is 4.74 Å². The van der Waals surface area contributed by atoms with Gasteiger partial charge in [0.05, 0.1) is 18.6 Å². The third-order valence-corrected chi connectivity index (χ3v) is 4.40. The second-order valence-corrected chi connectivity index (χ2v) is 5.91. The lowest BCUT2D eigenvalue weighted by molar-refractivity contribution is 0.0378. The Balaban J connectivity index is 1.55. The molecule has 6 nitrogen and oxygen atoms in total. The van der Waals surface area contributed by atoms with Crippen LogP contribution in [0, 0.1) is 0 Å². The summed E-state index contributed by atoms with van der Waals surface area (Å²) < 4.78 is 5.36. The highest BCUT2D eigenvalue weighted by Gasteiger charge is 2.10. The Morgan fingerprint density at radius 2 is 2.19 bits per heavy atom. The Labute approximate surface area is 128 Å². The van der Waals surface area contributed by atoms with Crippen LogP contribution < -0.4 is 10.6 Å². The third kappa shape index (κ3) is 3.61. The van der Waals surface area contributed by atoms with Crippen LogP contribution in [-0.2, 0) is 4.74 Å². The van der Waals surface area contributed by atoms with Gasteiger partial charge in [0.25, 0.3) is 0 Å². The maximum atomic E-state index is 5.36. The molecule has 0 saturated carbocycles. The average Bonchev–Trinajstić information content (AvgIpc) is 3.00. The van der Waals surface area contributed by atoms with Crippen molar-refractivity contribution >= 4 is 33.3 Å². The van der Waals surface area contributed by atoms with Crippen molar-refractivity contribution in [3.8, 4) is 0 Å². The van der Waals surface area contributed by atoms with Gasteiger partial charge in [-0.2, -0.15) is 4.98 Å². The lowest BCUT2D eigenvalue weighted by Crippen LogP contribution is -2.37. The molecule has 0 unspecified atom stereocenters. The van der Waals surface area contributed by atoms with Gasteiger partial charge in [-0.05, 0) is 24.4 Å². The highest BCUT2D eigenvalue weighted by Crippen LogP contribution is 2.26. The number of aromatic nitrogens is 2. The summed E-state index contributed by atoms with van der Waals surface area (Å²) in [5, 5.41) is 9.61. The smallest absolute Gasteiger partial charge is 0.225 e. The first-order valence-electron chi connectivity index (χ1n) is 7.34. The first kappa shape index (κ1) is 14.5. The van der Waals surface area contributed by atoms with Gasteiger partial charge in [0.1, 0.15) is 10.6 Å². The van der Waals surface area contributed by atoms with Crippen LogP contribution in [0.25, 0.3) is 10.2 Å². The minimum atomic E-state index is 0.667. The van der Waals surface area contributed by atoms with Crippen LogP contribution in [0.5, 0.6) is 0 Å². The monoisotopic (exact) mass is 307 g/mol. The van der Waals surface area contributed by atoms with E-state index in [1.807, 2.05) is 7.05 Å². The van der Waals surface area contributed by atoms with Gasteiger partial charge in [0.2, 0.25) is 5.95 Å². The number of ether oxygens (including phenoxy) is 1. The van der Waals surface area contributed by atoms with Crippen molar-refractivity contribution in [1.82, 2.24) is 14.9 Å². The molecule has 2 N–H and O–H groups in total. The molecule has 2 aromatic rings. The molecular weight excluding hydrogens is 286 g/mol. The molecule has 0 aliphatic carbocycles. The topological polar surface area (TPSA) is 62.3 Å². The van der Waals surface area contributed by atoms with E-state index in [0.29, 0.717) is 5.95 Å². The molecule has 3 rings (SSSR count). The summed E-state index contributed by atoms with van der Waals surface area (Å²) in [5.41, 5.74) is 0. The van der Waals surface area contributed by atoms with Gasteiger partial charge >= 0.3 is 0 Å². The third-order valence-electron chi connectivity index (χ3n) is 3.60. The number of hydrogen-bond donors (Lipinski definition) is 2. The Hall–Kier alpha value is -1.44. The molecule has 0 radical (unpaired) electrons. The molecule has 0 aromatic carbocycles. The van der Waals surface area contributed by atoms with Crippen LogP contribution in [0.1, 0.15) is 6.42 Å². The van der Waals surface area contributed by atoms with Crippen molar-refractivity contribution in [2.75, 3.05) is 57.1 Å². The fourth-order valence-electron chi connectivity index (χ4n) is 2.44. The summed E-state index contributed by atoms with van der Waals surface area (Å²) in [5.74, 6) is 1.59. The van der Waals surface area contributed by atoms with Crippen LogP contribution in [0.4, 0.5) is 11.8 Å². The minimum absolute atomic E-state index is 0.667. The van der Waals surface area contributed by atoms with Gasteiger partial charge in [-0.15, -0.1) is 11.3 Å². The van der Waals surface area contributed by atoms with E-state index in [0.717, 1.165) is 61.8 Å². The Morgan fingerprint density at radius 1 is 1.33 bits per heavy atom. The molecule has 1 saturated heterocycles. The van der Waals surface area contributed by atoms with Crippen molar-refractivity contribution < 1.29 is 4.74 Å². The number of fused-ring (bicyclic) bond motifs is 1. The number of morpholine rings is 1. The molecule has 2 aromatic heterocycles. The van der Waals surface area contributed by atoms with E-state index in [-0.39, 0.29) is 0 Å². The number of hydrogen-bond acceptors (Lipinski definition) is 7. The van der Waals surface area contributed by atoms with Crippen LogP contribution >= 0.6 is 11.3 Å². The molecule has 0 bridgehead atoms. The Bertz CT molecular complexity index is 582. The minimum Gasteiger partial charge on any atom is -0.379 e. The second-order valence-electron chi connectivity index (χ2n) is 5.02. The molecule has 0 amide bonds. The summed E-state index contributed by atoms with van der Waals surface area (Å²) in [7, 11) is 1.84. The number of thiophene rings is 1. The number of nitrogens with zero attached hydrogens (tertiary/aromatic N) is 3. The van der Waals surface area contributed by atoms with Crippen molar-refractivity contribution in [2.45, 2.75) is 6.42 Å². The number of rotatable bonds is 6. The maximum Gasteiger partial charge on any atom is 0.225 e. The number of nitrogens with one attached hydrogen (secondary N) is 2. The highest BCUT2D eigenvalue weighted by atomic mass is 32.1. The molecule has 0 atom stereocenters. The molecule has 1 fully saturated rings. The summed E-state index contributed by atoms with van der Waals surface area (Å²) in [6.45, 7) is 5.84. The molecule has 21 heavy (non-hydrogen) atoms. The van der Waals surface area contributed by atoms with Gasteiger partial charge in [-0.25, -0.2) is 4.98 Å². The van der Waals surface area contributed by atoms with Gasteiger partial charge in [-0.1, -0.05) is 0 Å². The van der Waals surface area contributed by atoms with Crippen molar-refractivity contribution in [2.24, 2.45) is 0 Å². The summed E-state index contributed by atoms with van der Waals surface area (Å²) in [6, 6.07) is 2.07. The van der Waals surface area contributed by atoms with E-state index in [1.165, 1.54) is 0 Å². The van der Waals surface area contributed by atoms with E-state index >= 15 is 0 Å².